The molecule has 0 bridgehead atoms. The molecule has 0 amide bonds. The van der Waals surface area contributed by atoms with Crippen LogP contribution in [-0.2, 0) is 14.3 Å². The number of carbonyl (C=O) groups excluding carboxylic acids is 1. The highest BCUT2D eigenvalue weighted by atomic mass is 16.5. The van der Waals surface area contributed by atoms with Gasteiger partial charge in [-0.25, -0.2) is 0 Å². The van der Waals surface area contributed by atoms with Crippen LogP contribution in [0.4, 0.5) is 0 Å². The molecular weight excluding hydrogens is 454 g/mol. The summed E-state index contributed by atoms with van der Waals surface area (Å²) in [5.74, 6) is 0.468. The Morgan fingerprint density at radius 3 is 2.03 bits per heavy atom. The molecule has 0 aliphatic rings. The van der Waals surface area contributed by atoms with Crippen molar-refractivity contribution in [3.8, 4) is 0 Å². The lowest BCUT2D eigenvalue weighted by atomic mass is 9.95. The van der Waals surface area contributed by atoms with Crippen LogP contribution in [0.5, 0.6) is 0 Å². The van der Waals surface area contributed by atoms with E-state index in [0.29, 0.717) is 38.7 Å². The highest BCUT2D eigenvalue weighted by Crippen LogP contribution is 2.20. The van der Waals surface area contributed by atoms with Gasteiger partial charge in [-0.05, 0) is 44.6 Å². The van der Waals surface area contributed by atoms with Gasteiger partial charge in [-0.3, -0.25) is 9.69 Å². The molecule has 216 valence electrons. The molecule has 0 aliphatic heterocycles. The van der Waals surface area contributed by atoms with Gasteiger partial charge in [0.15, 0.2) is 0 Å². The lowest BCUT2D eigenvalue weighted by Crippen LogP contribution is -2.35. The van der Waals surface area contributed by atoms with Gasteiger partial charge in [0, 0.05) is 19.5 Å². The highest BCUT2D eigenvalue weighted by molar-refractivity contribution is 5.69. The standard InChI is InChI=1S/C30H61NO5/c1-4-7-9-11-12-15-19-28(18-14-10-8-5-2)27-36-30(34)20-16-13-17-21-31(26-29(33)6-3)22-24-35-25-23-32/h28-29,32-33H,4-27H2,1-3H3. The summed E-state index contributed by atoms with van der Waals surface area (Å²) in [6, 6.07) is 0. The maximum atomic E-state index is 12.4. The first-order valence-corrected chi connectivity index (χ1v) is 15.3. The van der Waals surface area contributed by atoms with E-state index in [0.717, 1.165) is 38.8 Å². The number of unbranched alkanes of at least 4 members (excludes halogenated alkanes) is 10. The van der Waals surface area contributed by atoms with Crippen molar-refractivity contribution >= 4 is 5.97 Å². The van der Waals surface area contributed by atoms with Crippen molar-refractivity contribution in [3.05, 3.63) is 0 Å². The SMILES string of the molecule is CCCCCCCCC(CCCCCC)COC(=O)CCCCCN(CCOCCO)CC(O)CC. The third kappa shape index (κ3) is 23.7. The van der Waals surface area contributed by atoms with E-state index in [1.165, 1.54) is 77.0 Å². The Bertz CT molecular complexity index is 463. The molecule has 0 aromatic heterocycles. The number of carbonyl (C=O) groups is 1. The summed E-state index contributed by atoms with van der Waals surface area (Å²) in [5.41, 5.74) is 0. The van der Waals surface area contributed by atoms with E-state index < -0.39 is 0 Å². The largest absolute Gasteiger partial charge is 0.465 e. The number of aliphatic hydroxyl groups excluding tert-OH is 2. The van der Waals surface area contributed by atoms with E-state index in [1.807, 2.05) is 6.92 Å². The van der Waals surface area contributed by atoms with Gasteiger partial charge in [0.2, 0.25) is 0 Å². The Hall–Kier alpha value is -0.690. The summed E-state index contributed by atoms with van der Waals surface area (Å²) in [5, 5.41) is 18.9. The van der Waals surface area contributed by atoms with Gasteiger partial charge in [-0.1, -0.05) is 91.4 Å². The topological polar surface area (TPSA) is 79.2 Å². The Morgan fingerprint density at radius 1 is 0.778 bits per heavy atom. The third-order valence-corrected chi connectivity index (χ3v) is 6.99. The van der Waals surface area contributed by atoms with Gasteiger partial charge in [0.05, 0.1) is 32.5 Å². The maximum absolute atomic E-state index is 12.4. The Labute approximate surface area is 223 Å². The van der Waals surface area contributed by atoms with E-state index in [2.05, 4.69) is 18.7 Å². The van der Waals surface area contributed by atoms with Gasteiger partial charge in [-0.15, -0.1) is 0 Å². The van der Waals surface area contributed by atoms with Gasteiger partial charge >= 0.3 is 5.97 Å². The van der Waals surface area contributed by atoms with Crippen LogP contribution in [0, 0.1) is 5.92 Å². The summed E-state index contributed by atoms with van der Waals surface area (Å²) in [7, 11) is 0. The van der Waals surface area contributed by atoms with Crippen LogP contribution in [0.1, 0.15) is 130 Å². The molecule has 0 aromatic carbocycles. The van der Waals surface area contributed by atoms with E-state index >= 15 is 0 Å². The Balaban J connectivity index is 4.16. The van der Waals surface area contributed by atoms with Crippen LogP contribution in [0.3, 0.4) is 0 Å². The van der Waals surface area contributed by atoms with Crippen molar-refractivity contribution in [2.45, 2.75) is 136 Å². The molecule has 0 saturated carbocycles. The van der Waals surface area contributed by atoms with Gasteiger partial charge in [-0.2, -0.15) is 0 Å². The summed E-state index contributed by atoms with van der Waals surface area (Å²) in [6.07, 6.45) is 19.1. The second-order valence-corrected chi connectivity index (χ2v) is 10.5. The van der Waals surface area contributed by atoms with Crippen molar-refractivity contribution in [2.24, 2.45) is 5.92 Å². The molecule has 2 atom stereocenters. The first-order valence-electron chi connectivity index (χ1n) is 15.3. The third-order valence-electron chi connectivity index (χ3n) is 6.99. The summed E-state index contributed by atoms with van der Waals surface area (Å²) in [4.78, 5) is 14.6. The van der Waals surface area contributed by atoms with Crippen LogP contribution >= 0.6 is 0 Å². The quantitative estimate of drug-likeness (QED) is 0.0913. The summed E-state index contributed by atoms with van der Waals surface area (Å²) in [6.45, 7) is 10.3. The molecule has 0 radical (unpaired) electrons. The smallest absolute Gasteiger partial charge is 0.305 e. The van der Waals surface area contributed by atoms with Gasteiger partial charge < -0.3 is 19.7 Å². The molecule has 0 saturated heterocycles. The predicted molar refractivity (Wildman–Crippen MR) is 150 cm³/mol. The number of ether oxygens (including phenoxy) is 2. The molecule has 0 rings (SSSR count). The second kappa shape index (κ2) is 27.3. The molecule has 0 fully saturated rings. The van der Waals surface area contributed by atoms with Crippen molar-refractivity contribution in [3.63, 3.8) is 0 Å². The van der Waals surface area contributed by atoms with Crippen molar-refractivity contribution in [2.75, 3.05) is 46.1 Å². The Kier molecular flexibility index (Phi) is 26.8. The lowest BCUT2D eigenvalue weighted by Gasteiger charge is -2.24. The first kappa shape index (κ1) is 35.3. The zero-order valence-corrected chi connectivity index (χ0v) is 24.2. The predicted octanol–water partition coefficient (Wildman–Crippen LogP) is 6.51. The monoisotopic (exact) mass is 515 g/mol. The van der Waals surface area contributed by atoms with Crippen LogP contribution in [0.25, 0.3) is 0 Å². The van der Waals surface area contributed by atoms with E-state index in [4.69, 9.17) is 14.6 Å². The fourth-order valence-corrected chi connectivity index (χ4v) is 4.53. The van der Waals surface area contributed by atoms with Crippen molar-refractivity contribution in [1.82, 2.24) is 4.90 Å². The van der Waals surface area contributed by atoms with Crippen molar-refractivity contribution < 1.29 is 24.5 Å². The zero-order chi connectivity index (χ0) is 26.7. The minimum atomic E-state index is -0.330. The van der Waals surface area contributed by atoms with E-state index in [9.17, 15) is 9.90 Å². The fraction of sp³-hybridized carbons (Fsp3) is 0.967. The number of hydrogen-bond donors (Lipinski definition) is 2. The molecule has 6 heteroatoms. The molecule has 36 heavy (non-hydrogen) atoms. The van der Waals surface area contributed by atoms with Crippen LogP contribution < -0.4 is 0 Å². The number of esters is 1. The molecule has 2 N–H and O–H groups in total. The molecule has 0 aliphatic carbocycles. The average molecular weight is 516 g/mol. The average Bonchev–Trinajstić information content (AvgIpc) is 2.88. The van der Waals surface area contributed by atoms with Crippen LogP contribution in [-0.4, -0.2) is 73.2 Å². The van der Waals surface area contributed by atoms with Crippen molar-refractivity contribution in [1.29, 1.82) is 0 Å². The minimum absolute atomic E-state index is 0.0341. The van der Waals surface area contributed by atoms with E-state index in [1.54, 1.807) is 0 Å². The first-order chi connectivity index (χ1) is 17.6. The number of hydrogen-bond acceptors (Lipinski definition) is 6. The lowest BCUT2D eigenvalue weighted by molar-refractivity contribution is -0.145. The molecular formula is C30H61NO5. The summed E-state index contributed by atoms with van der Waals surface area (Å²) < 4.78 is 11.1. The minimum Gasteiger partial charge on any atom is -0.465 e. The molecule has 6 nitrogen and oxygen atoms in total. The highest BCUT2D eigenvalue weighted by Gasteiger charge is 2.13. The summed E-state index contributed by atoms with van der Waals surface area (Å²) >= 11 is 0. The maximum Gasteiger partial charge on any atom is 0.305 e. The van der Waals surface area contributed by atoms with Crippen LogP contribution in [0.15, 0.2) is 0 Å². The normalized spacial score (nSPS) is 13.3. The van der Waals surface area contributed by atoms with Gasteiger partial charge in [0.1, 0.15) is 0 Å². The van der Waals surface area contributed by atoms with E-state index in [-0.39, 0.29) is 18.7 Å². The Morgan fingerprint density at radius 2 is 1.39 bits per heavy atom. The number of aliphatic hydroxyl groups is 2. The molecule has 0 spiro atoms. The molecule has 2 unspecified atom stereocenters. The molecule has 0 heterocycles. The van der Waals surface area contributed by atoms with Gasteiger partial charge in [0.25, 0.3) is 0 Å². The molecule has 0 aromatic rings. The zero-order valence-electron chi connectivity index (χ0n) is 24.2. The number of nitrogens with zero attached hydrogens (tertiary/aromatic N) is 1. The second-order valence-electron chi connectivity index (χ2n) is 10.5. The fourth-order valence-electron chi connectivity index (χ4n) is 4.53. The number of rotatable bonds is 28. The van der Waals surface area contributed by atoms with Crippen LogP contribution in [0.2, 0.25) is 0 Å².